The number of benzene rings is 1. The molecule has 0 amide bonds. The van der Waals surface area contributed by atoms with Crippen LogP contribution in [0.4, 0.5) is 0 Å². The number of pyridine rings is 1. The fraction of sp³-hybridized carbons (Fsp3) is 0.143. The van der Waals surface area contributed by atoms with Gasteiger partial charge in [0, 0.05) is 18.3 Å². The molecular formula is C14H14N2O3. The third kappa shape index (κ3) is 3.29. The Balaban J connectivity index is 2.13. The molecule has 0 aliphatic heterocycles. The molecule has 19 heavy (non-hydrogen) atoms. The van der Waals surface area contributed by atoms with Crippen molar-refractivity contribution >= 4 is 5.97 Å². The number of hydrogen-bond donors (Lipinski definition) is 3. The summed E-state index contributed by atoms with van der Waals surface area (Å²) in [5.74, 6) is -0.974. The molecule has 0 saturated carbocycles. The smallest absolute Gasteiger partial charge is 0.325 e. The van der Waals surface area contributed by atoms with Crippen LogP contribution < -0.4 is 10.9 Å². The molecule has 1 aromatic heterocycles. The fourth-order valence-corrected chi connectivity index (χ4v) is 1.80. The van der Waals surface area contributed by atoms with Crippen molar-refractivity contribution in [2.45, 2.75) is 12.6 Å². The summed E-state index contributed by atoms with van der Waals surface area (Å²) in [6.07, 6.45) is 1.54. The summed E-state index contributed by atoms with van der Waals surface area (Å²) < 4.78 is 0. The summed E-state index contributed by atoms with van der Waals surface area (Å²) >= 11 is 0. The van der Waals surface area contributed by atoms with Gasteiger partial charge in [-0.15, -0.1) is 0 Å². The first-order valence-electron chi connectivity index (χ1n) is 5.86. The monoisotopic (exact) mass is 258 g/mol. The minimum atomic E-state index is -0.974. The molecule has 0 spiro atoms. The van der Waals surface area contributed by atoms with E-state index in [4.69, 9.17) is 0 Å². The van der Waals surface area contributed by atoms with Gasteiger partial charge in [0.2, 0.25) is 0 Å². The predicted molar refractivity (Wildman–Crippen MR) is 70.7 cm³/mol. The molecule has 2 aromatic rings. The molecule has 2 rings (SSSR count). The summed E-state index contributed by atoms with van der Waals surface area (Å²) in [5, 5.41) is 12.1. The third-order valence-electron chi connectivity index (χ3n) is 2.78. The highest BCUT2D eigenvalue weighted by molar-refractivity contribution is 5.75. The van der Waals surface area contributed by atoms with Crippen LogP contribution in [0.15, 0.2) is 53.5 Å². The van der Waals surface area contributed by atoms with E-state index < -0.39 is 12.0 Å². The number of carboxylic acids is 1. The molecule has 0 unspecified atom stereocenters. The lowest BCUT2D eigenvalue weighted by molar-refractivity contribution is -0.139. The molecule has 1 atom stereocenters. The average molecular weight is 258 g/mol. The molecule has 1 heterocycles. The van der Waals surface area contributed by atoms with Gasteiger partial charge in [0.25, 0.3) is 5.56 Å². The van der Waals surface area contributed by atoms with Crippen LogP contribution in [0.25, 0.3) is 0 Å². The van der Waals surface area contributed by atoms with Gasteiger partial charge in [0.05, 0.1) is 0 Å². The Bertz CT molecular complexity index is 607. The number of aliphatic carboxylic acids is 1. The highest BCUT2D eigenvalue weighted by atomic mass is 16.4. The van der Waals surface area contributed by atoms with Crippen LogP contribution in [-0.4, -0.2) is 16.1 Å². The summed E-state index contributed by atoms with van der Waals surface area (Å²) in [6, 6.07) is 11.4. The van der Waals surface area contributed by atoms with Crippen LogP contribution in [-0.2, 0) is 11.3 Å². The lowest BCUT2D eigenvalue weighted by atomic mass is 10.1. The highest BCUT2D eigenvalue weighted by Gasteiger charge is 2.18. The lowest BCUT2D eigenvalue weighted by Gasteiger charge is -2.14. The number of rotatable bonds is 5. The minimum absolute atomic E-state index is 0.196. The van der Waals surface area contributed by atoms with Gasteiger partial charge < -0.3 is 10.1 Å². The van der Waals surface area contributed by atoms with Crippen molar-refractivity contribution in [3.05, 3.63) is 70.1 Å². The Morgan fingerprint density at radius 1 is 1.21 bits per heavy atom. The Morgan fingerprint density at radius 3 is 2.58 bits per heavy atom. The van der Waals surface area contributed by atoms with Gasteiger partial charge in [-0.2, -0.15) is 0 Å². The van der Waals surface area contributed by atoms with E-state index in [0.29, 0.717) is 11.1 Å². The number of H-pyrrole nitrogens is 1. The fourth-order valence-electron chi connectivity index (χ4n) is 1.80. The number of nitrogens with one attached hydrogen (secondary N) is 2. The topological polar surface area (TPSA) is 82.2 Å². The zero-order valence-electron chi connectivity index (χ0n) is 10.2. The van der Waals surface area contributed by atoms with Crippen molar-refractivity contribution in [2.24, 2.45) is 0 Å². The van der Waals surface area contributed by atoms with Crippen LogP contribution in [0.5, 0.6) is 0 Å². The summed E-state index contributed by atoms with van der Waals surface area (Å²) in [5.41, 5.74) is 0.944. The maximum absolute atomic E-state index is 11.5. The standard InChI is InChI=1S/C14H14N2O3/c17-13-11(7-4-8-15-13)9-16-12(14(18)19)10-5-2-1-3-6-10/h1-8,12,16H,9H2,(H,15,17)(H,18,19)/t12-/m0/s1. The zero-order chi connectivity index (χ0) is 13.7. The number of aromatic nitrogens is 1. The number of hydrogen-bond acceptors (Lipinski definition) is 3. The molecule has 5 nitrogen and oxygen atoms in total. The van der Waals surface area contributed by atoms with Crippen molar-refractivity contribution < 1.29 is 9.90 Å². The molecule has 1 aromatic carbocycles. The van der Waals surface area contributed by atoms with E-state index in [0.717, 1.165) is 0 Å². The number of carboxylic acid groups (broad SMARTS) is 1. The van der Waals surface area contributed by atoms with E-state index >= 15 is 0 Å². The van der Waals surface area contributed by atoms with Crippen LogP contribution in [0.2, 0.25) is 0 Å². The maximum Gasteiger partial charge on any atom is 0.325 e. The van der Waals surface area contributed by atoms with Gasteiger partial charge in [-0.05, 0) is 11.6 Å². The van der Waals surface area contributed by atoms with Crippen molar-refractivity contribution in [3.8, 4) is 0 Å². The van der Waals surface area contributed by atoms with Gasteiger partial charge in [0.15, 0.2) is 0 Å². The van der Waals surface area contributed by atoms with E-state index in [9.17, 15) is 14.7 Å². The number of aromatic amines is 1. The third-order valence-corrected chi connectivity index (χ3v) is 2.78. The first kappa shape index (κ1) is 13.0. The van der Waals surface area contributed by atoms with Gasteiger partial charge in [-0.1, -0.05) is 36.4 Å². The Morgan fingerprint density at radius 2 is 1.95 bits per heavy atom. The van der Waals surface area contributed by atoms with E-state index in [1.54, 1.807) is 36.4 Å². The minimum Gasteiger partial charge on any atom is -0.480 e. The maximum atomic E-state index is 11.5. The van der Waals surface area contributed by atoms with Crippen LogP contribution >= 0.6 is 0 Å². The molecule has 0 radical (unpaired) electrons. The summed E-state index contributed by atoms with van der Waals surface area (Å²) in [4.78, 5) is 25.3. The molecule has 0 bridgehead atoms. The van der Waals surface area contributed by atoms with Gasteiger partial charge in [-0.25, -0.2) is 0 Å². The van der Waals surface area contributed by atoms with E-state index in [-0.39, 0.29) is 12.1 Å². The second-order valence-corrected chi connectivity index (χ2v) is 4.09. The van der Waals surface area contributed by atoms with Crippen LogP contribution in [0, 0.1) is 0 Å². The normalized spacial score (nSPS) is 12.0. The van der Waals surface area contributed by atoms with Crippen molar-refractivity contribution in [2.75, 3.05) is 0 Å². The van der Waals surface area contributed by atoms with Gasteiger partial charge in [-0.3, -0.25) is 14.9 Å². The zero-order valence-corrected chi connectivity index (χ0v) is 10.2. The highest BCUT2D eigenvalue weighted by Crippen LogP contribution is 2.13. The Labute approximate surface area is 109 Å². The quantitative estimate of drug-likeness (QED) is 0.754. The van der Waals surface area contributed by atoms with E-state index in [1.807, 2.05) is 6.07 Å². The number of carbonyl (C=O) groups is 1. The Kier molecular flexibility index (Phi) is 4.10. The van der Waals surface area contributed by atoms with Crippen molar-refractivity contribution in [3.63, 3.8) is 0 Å². The van der Waals surface area contributed by atoms with Gasteiger partial charge in [0.1, 0.15) is 6.04 Å². The molecule has 98 valence electrons. The second kappa shape index (κ2) is 5.97. The molecule has 0 fully saturated rings. The van der Waals surface area contributed by atoms with E-state index in [2.05, 4.69) is 10.3 Å². The first-order valence-corrected chi connectivity index (χ1v) is 5.86. The van der Waals surface area contributed by atoms with Crippen LogP contribution in [0.1, 0.15) is 17.2 Å². The molecule has 5 heteroatoms. The Hall–Kier alpha value is -2.40. The molecule has 0 saturated heterocycles. The molecule has 3 N–H and O–H groups in total. The van der Waals surface area contributed by atoms with E-state index in [1.165, 1.54) is 6.20 Å². The van der Waals surface area contributed by atoms with Gasteiger partial charge >= 0.3 is 5.97 Å². The first-order chi connectivity index (χ1) is 9.18. The average Bonchev–Trinajstić information content (AvgIpc) is 2.42. The van der Waals surface area contributed by atoms with Crippen molar-refractivity contribution in [1.29, 1.82) is 0 Å². The van der Waals surface area contributed by atoms with Crippen LogP contribution in [0.3, 0.4) is 0 Å². The predicted octanol–water partition coefficient (Wildman–Crippen LogP) is 1.29. The molecule has 0 aliphatic carbocycles. The summed E-state index contributed by atoms with van der Waals surface area (Å²) in [7, 11) is 0. The lowest BCUT2D eigenvalue weighted by Crippen LogP contribution is -2.30. The second-order valence-electron chi connectivity index (χ2n) is 4.09. The molecular weight excluding hydrogens is 244 g/mol. The summed E-state index contributed by atoms with van der Waals surface area (Å²) in [6.45, 7) is 0.196. The SMILES string of the molecule is O=C(O)[C@@H](NCc1ccc[nH]c1=O)c1ccccc1. The largest absolute Gasteiger partial charge is 0.480 e. The van der Waals surface area contributed by atoms with Crippen molar-refractivity contribution in [1.82, 2.24) is 10.3 Å². The molecule has 0 aliphatic rings.